The third-order valence-electron chi connectivity index (χ3n) is 3.16. The zero-order valence-corrected chi connectivity index (χ0v) is 13.7. The summed E-state index contributed by atoms with van der Waals surface area (Å²) in [5.41, 5.74) is 8.01. The van der Waals surface area contributed by atoms with Gasteiger partial charge in [0.1, 0.15) is 11.5 Å². The van der Waals surface area contributed by atoms with Gasteiger partial charge in [-0.25, -0.2) is 0 Å². The van der Waals surface area contributed by atoms with Gasteiger partial charge in [-0.05, 0) is 29.7 Å². The first-order valence-electron chi connectivity index (χ1n) is 6.67. The van der Waals surface area contributed by atoms with Crippen LogP contribution >= 0.6 is 15.9 Å². The molecule has 0 aliphatic heterocycles. The zero-order valence-electron chi connectivity index (χ0n) is 12.1. The van der Waals surface area contributed by atoms with Crippen molar-refractivity contribution in [3.8, 4) is 11.5 Å². The molecule has 2 rings (SSSR count). The van der Waals surface area contributed by atoms with E-state index in [1.807, 2.05) is 36.4 Å². The van der Waals surface area contributed by atoms with Gasteiger partial charge in [-0.1, -0.05) is 54.9 Å². The maximum absolute atomic E-state index is 6.11. The van der Waals surface area contributed by atoms with Crippen molar-refractivity contribution in [2.75, 3.05) is 0 Å². The number of ether oxygens (including phenoxy) is 1. The standard InChI is InChI=1S/C17H20BrNO/c1-17(2,3)14-6-4-5-7-16(14)20-15-9-8-13(18)10-12(15)11-19/h4-10H,11,19H2,1-3H3. The smallest absolute Gasteiger partial charge is 0.132 e. The highest BCUT2D eigenvalue weighted by molar-refractivity contribution is 9.10. The van der Waals surface area contributed by atoms with E-state index in [2.05, 4.69) is 42.8 Å². The Kier molecular flexibility index (Phi) is 4.51. The fourth-order valence-electron chi connectivity index (χ4n) is 2.10. The second-order valence-electron chi connectivity index (χ2n) is 5.80. The molecular weight excluding hydrogens is 314 g/mol. The highest BCUT2D eigenvalue weighted by Gasteiger charge is 2.19. The third kappa shape index (κ3) is 3.41. The van der Waals surface area contributed by atoms with Gasteiger partial charge in [-0.3, -0.25) is 0 Å². The predicted molar refractivity (Wildman–Crippen MR) is 87.2 cm³/mol. The summed E-state index contributed by atoms with van der Waals surface area (Å²) in [6.07, 6.45) is 0. The molecule has 3 heteroatoms. The van der Waals surface area contributed by atoms with Crippen molar-refractivity contribution >= 4 is 15.9 Å². The summed E-state index contributed by atoms with van der Waals surface area (Å²) in [6, 6.07) is 14.1. The van der Waals surface area contributed by atoms with Crippen LogP contribution in [0.4, 0.5) is 0 Å². The van der Waals surface area contributed by atoms with Gasteiger partial charge in [0.2, 0.25) is 0 Å². The van der Waals surface area contributed by atoms with Gasteiger partial charge in [-0.2, -0.15) is 0 Å². The van der Waals surface area contributed by atoms with Crippen molar-refractivity contribution < 1.29 is 4.74 Å². The van der Waals surface area contributed by atoms with Gasteiger partial charge < -0.3 is 10.5 Å². The lowest BCUT2D eigenvalue weighted by Crippen LogP contribution is -2.12. The Morgan fingerprint density at radius 3 is 2.40 bits per heavy atom. The molecule has 0 fully saturated rings. The first-order chi connectivity index (χ1) is 9.41. The average Bonchev–Trinajstić information content (AvgIpc) is 2.40. The van der Waals surface area contributed by atoms with Crippen molar-refractivity contribution in [3.63, 3.8) is 0 Å². The molecule has 0 atom stereocenters. The maximum atomic E-state index is 6.11. The molecular formula is C17H20BrNO. The summed E-state index contributed by atoms with van der Waals surface area (Å²) in [5.74, 6) is 1.70. The van der Waals surface area contributed by atoms with Gasteiger partial charge in [0.25, 0.3) is 0 Å². The molecule has 0 aliphatic carbocycles. The summed E-state index contributed by atoms with van der Waals surface area (Å²) in [7, 11) is 0. The Bertz CT molecular complexity index is 602. The second-order valence-corrected chi connectivity index (χ2v) is 6.72. The lowest BCUT2D eigenvalue weighted by atomic mass is 9.86. The summed E-state index contributed by atoms with van der Waals surface area (Å²) in [6.45, 7) is 6.99. The Balaban J connectivity index is 2.41. The SMILES string of the molecule is CC(C)(C)c1ccccc1Oc1ccc(Br)cc1CN. The van der Waals surface area contributed by atoms with E-state index in [1.165, 1.54) is 5.56 Å². The molecule has 0 unspecified atom stereocenters. The van der Waals surface area contributed by atoms with E-state index in [1.54, 1.807) is 0 Å². The molecule has 2 N–H and O–H groups in total. The van der Waals surface area contributed by atoms with E-state index < -0.39 is 0 Å². The summed E-state index contributed by atoms with van der Waals surface area (Å²) in [4.78, 5) is 0. The van der Waals surface area contributed by atoms with E-state index in [-0.39, 0.29) is 5.41 Å². The van der Waals surface area contributed by atoms with E-state index in [0.717, 1.165) is 21.5 Å². The van der Waals surface area contributed by atoms with Crippen molar-refractivity contribution in [2.24, 2.45) is 5.73 Å². The lowest BCUT2D eigenvalue weighted by molar-refractivity contribution is 0.450. The van der Waals surface area contributed by atoms with E-state index in [0.29, 0.717) is 6.54 Å². The van der Waals surface area contributed by atoms with E-state index in [4.69, 9.17) is 10.5 Å². The summed E-state index contributed by atoms with van der Waals surface area (Å²) < 4.78 is 7.12. The number of para-hydroxylation sites is 1. The van der Waals surface area contributed by atoms with Crippen LogP contribution in [0.25, 0.3) is 0 Å². The van der Waals surface area contributed by atoms with Gasteiger partial charge in [0, 0.05) is 22.1 Å². The van der Waals surface area contributed by atoms with Gasteiger partial charge in [-0.15, -0.1) is 0 Å². The number of hydrogen-bond donors (Lipinski definition) is 1. The molecule has 0 radical (unpaired) electrons. The van der Waals surface area contributed by atoms with Gasteiger partial charge >= 0.3 is 0 Å². The molecule has 106 valence electrons. The van der Waals surface area contributed by atoms with Crippen molar-refractivity contribution in [1.82, 2.24) is 0 Å². The highest BCUT2D eigenvalue weighted by atomic mass is 79.9. The van der Waals surface area contributed by atoms with E-state index >= 15 is 0 Å². The Labute approximate surface area is 129 Å². The molecule has 0 aromatic heterocycles. The predicted octanol–water partition coefficient (Wildman–Crippen LogP) is 5.00. The largest absolute Gasteiger partial charge is 0.457 e. The molecule has 20 heavy (non-hydrogen) atoms. The Hall–Kier alpha value is -1.32. The van der Waals surface area contributed by atoms with Crippen molar-refractivity contribution in [1.29, 1.82) is 0 Å². The van der Waals surface area contributed by atoms with Crippen molar-refractivity contribution in [3.05, 3.63) is 58.1 Å². The van der Waals surface area contributed by atoms with Crippen molar-refractivity contribution in [2.45, 2.75) is 32.7 Å². The monoisotopic (exact) mass is 333 g/mol. The minimum atomic E-state index is 0.0365. The number of nitrogens with two attached hydrogens (primary N) is 1. The fraction of sp³-hybridized carbons (Fsp3) is 0.294. The van der Waals surface area contributed by atoms with Crippen LogP contribution in [0.1, 0.15) is 31.9 Å². The topological polar surface area (TPSA) is 35.2 Å². The number of hydrogen-bond acceptors (Lipinski definition) is 2. The molecule has 2 nitrogen and oxygen atoms in total. The fourth-order valence-corrected chi connectivity index (χ4v) is 2.51. The highest BCUT2D eigenvalue weighted by Crippen LogP contribution is 2.35. The molecule has 0 bridgehead atoms. The minimum absolute atomic E-state index is 0.0365. The first-order valence-corrected chi connectivity index (χ1v) is 7.47. The second kappa shape index (κ2) is 5.98. The minimum Gasteiger partial charge on any atom is -0.457 e. The average molecular weight is 334 g/mol. The zero-order chi connectivity index (χ0) is 14.8. The van der Waals surface area contributed by atoms with Crippen LogP contribution < -0.4 is 10.5 Å². The quantitative estimate of drug-likeness (QED) is 0.857. The molecule has 0 aliphatic rings. The molecule has 0 amide bonds. The number of halogens is 1. The number of benzene rings is 2. The third-order valence-corrected chi connectivity index (χ3v) is 3.65. The van der Waals surface area contributed by atoms with Crippen LogP contribution in [-0.4, -0.2) is 0 Å². The van der Waals surface area contributed by atoms with Gasteiger partial charge in [0.15, 0.2) is 0 Å². The first kappa shape index (κ1) is 15.1. The molecule has 0 spiro atoms. The molecule has 0 heterocycles. The van der Waals surface area contributed by atoms with Crippen LogP contribution in [0.3, 0.4) is 0 Å². The summed E-state index contributed by atoms with van der Waals surface area (Å²) in [5, 5.41) is 0. The van der Waals surface area contributed by atoms with Crippen LogP contribution in [0.2, 0.25) is 0 Å². The maximum Gasteiger partial charge on any atom is 0.132 e. The molecule has 2 aromatic rings. The van der Waals surface area contributed by atoms with Crippen LogP contribution in [0.15, 0.2) is 46.9 Å². The molecule has 0 saturated heterocycles. The normalized spacial score (nSPS) is 11.4. The molecule has 2 aromatic carbocycles. The number of rotatable bonds is 3. The van der Waals surface area contributed by atoms with E-state index in [9.17, 15) is 0 Å². The Morgan fingerprint density at radius 2 is 1.75 bits per heavy atom. The Morgan fingerprint density at radius 1 is 1.05 bits per heavy atom. The lowest BCUT2D eigenvalue weighted by Gasteiger charge is -2.23. The van der Waals surface area contributed by atoms with Crippen LogP contribution in [-0.2, 0) is 12.0 Å². The summed E-state index contributed by atoms with van der Waals surface area (Å²) >= 11 is 3.46. The van der Waals surface area contributed by atoms with Crippen LogP contribution in [0, 0.1) is 0 Å². The van der Waals surface area contributed by atoms with Gasteiger partial charge in [0.05, 0.1) is 0 Å². The molecule has 0 saturated carbocycles. The van der Waals surface area contributed by atoms with Crippen LogP contribution in [0.5, 0.6) is 11.5 Å².